The maximum Gasteiger partial charge on any atom is 0.160 e. The van der Waals surface area contributed by atoms with Gasteiger partial charge < -0.3 is 4.74 Å². The molecule has 2 aliphatic rings. The van der Waals surface area contributed by atoms with Crippen LogP contribution in [0.15, 0.2) is 200 Å². The lowest BCUT2D eigenvalue weighted by molar-refractivity contribution is 0.436. The Morgan fingerprint density at radius 1 is 0.397 bits per heavy atom. The van der Waals surface area contributed by atoms with Gasteiger partial charge in [0.25, 0.3) is 0 Å². The van der Waals surface area contributed by atoms with Gasteiger partial charge in [-0.2, -0.15) is 5.26 Å². The lowest BCUT2D eigenvalue weighted by Crippen LogP contribution is -2.32. The van der Waals surface area contributed by atoms with Crippen LogP contribution in [0.1, 0.15) is 27.8 Å². The Balaban J connectivity index is 1.08. The molecule has 1 aromatic heterocycles. The first kappa shape index (κ1) is 33.5. The summed E-state index contributed by atoms with van der Waals surface area (Å²) >= 11 is 0. The first-order valence-corrected chi connectivity index (χ1v) is 19.5. The molecule has 0 saturated carbocycles. The number of nitrogens with zero attached hydrogens (tertiary/aromatic N) is 3. The average molecular weight is 740 g/mol. The SMILES string of the molecule is N#Cc1ccc(-c2cccc3c2-c2cc(-c4ccc(-c5nc(-c6ccccc6)cc(-c6ccccc6)n5)cc4)ccc2C32c3ccccc3Oc3ccccc32)cc1. The molecule has 11 rings (SSSR count). The van der Waals surface area contributed by atoms with E-state index in [4.69, 9.17) is 14.7 Å². The third-order valence-corrected chi connectivity index (χ3v) is 11.6. The van der Waals surface area contributed by atoms with Crippen molar-refractivity contribution < 1.29 is 4.74 Å². The zero-order valence-electron chi connectivity index (χ0n) is 31.3. The highest BCUT2D eigenvalue weighted by molar-refractivity contribution is 5.98. The smallest absolute Gasteiger partial charge is 0.160 e. The fourth-order valence-corrected chi connectivity index (χ4v) is 9.00. The van der Waals surface area contributed by atoms with Gasteiger partial charge in [-0.15, -0.1) is 0 Å². The van der Waals surface area contributed by atoms with Crippen molar-refractivity contribution in [1.29, 1.82) is 5.26 Å². The van der Waals surface area contributed by atoms with Crippen LogP contribution in [0.2, 0.25) is 0 Å². The number of hydrogen-bond donors (Lipinski definition) is 0. The van der Waals surface area contributed by atoms with E-state index in [0.29, 0.717) is 11.4 Å². The van der Waals surface area contributed by atoms with E-state index in [2.05, 4.69) is 146 Å². The van der Waals surface area contributed by atoms with Crippen LogP contribution in [0, 0.1) is 11.3 Å². The monoisotopic (exact) mass is 739 g/mol. The van der Waals surface area contributed by atoms with Crippen LogP contribution in [0.25, 0.3) is 67.3 Å². The topological polar surface area (TPSA) is 58.8 Å². The minimum atomic E-state index is -0.599. The number of hydrogen-bond acceptors (Lipinski definition) is 4. The number of fused-ring (bicyclic) bond motifs is 9. The minimum Gasteiger partial charge on any atom is -0.457 e. The maximum absolute atomic E-state index is 9.61. The van der Waals surface area contributed by atoms with Crippen LogP contribution < -0.4 is 4.74 Å². The Hall–Kier alpha value is -7.87. The highest BCUT2D eigenvalue weighted by Crippen LogP contribution is 2.63. The lowest BCUT2D eigenvalue weighted by Gasteiger charge is -2.39. The second kappa shape index (κ2) is 13.4. The molecule has 0 fully saturated rings. The molecule has 1 spiro atoms. The van der Waals surface area contributed by atoms with Crippen molar-refractivity contribution in [3.63, 3.8) is 0 Å². The van der Waals surface area contributed by atoms with Crippen molar-refractivity contribution in [2.75, 3.05) is 0 Å². The molecule has 2 heterocycles. The molecule has 0 radical (unpaired) electrons. The van der Waals surface area contributed by atoms with E-state index in [1.54, 1.807) is 0 Å². The number of aromatic nitrogens is 2. The molecule has 58 heavy (non-hydrogen) atoms. The Kier molecular flexibility index (Phi) is 7.74. The summed E-state index contributed by atoms with van der Waals surface area (Å²) in [4.78, 5) is 10.1. The largest absolute Gasteiger partial charge is 0.457 e. The highest BCUT2D eigenvalue weighted by atomic mass is 16.5. The van der Waals surface area contributed by atoms with Gasteiger partial charge in [0, 0.05) is 27.8 Å². The highest BCUT2D eigenvalue weighted by Gasteiger charge is 2.51. The van der Waals surface area contributed by atoms with Gasteiger partial charge in [0.15, 0.2) is 5.82 Å². The van der Waals surface area contributed by atoms with Crippen molar-refractivity contribution in [3.05, 3.63) is 228 Å². The normalized spacial score (nSPS) is 12.7. The third-order valence-electron chi connectivity index (χ3n) is 11.6. The minimum absolute atomic E-state index is 0.599. The molecule has 0 N–H and O–H groups in total. The molecule has 9 aromatic rings. The molecule has 0 atom stereocenters. The van der Waals surface area contributed by atoms with E-state index in [1.165, 1.54) is 22.3 Å². The van der Waals surface area contributed by atoms with Gasteiger partial charge in [-0.1, -0.05) is 164 Å². The van der Waals surface area contributed by atoms with Gasteiger partial charge in [0.05, 0.1) is 28.4 Å². The summed E-state index contributed by atoms with van der Waals surface area (Å²) in [5.41, 5.74) is 16.3. The summed E-state index contributed by atoms with van der Waals surface area (Å²) in [5.74, 6) is 2.40. The fourth-order valence-electron chi connectivity index (χ4n) is 9.00. The molecule has 8 aromatic carbocycles. The Bertz CT molecular complexity index is 2970. The van der Waals surface area contributed by atoms with Gasteiger partial charge in [-0.3, -0.25) is 0 Å². The number of rotatable bonds is 5. The van der Waals surface area contributed by atoms with Gasteiger partial charge >= 0.3 is 0 Å². The zero-order valence-corrected chi connectivity index (χ0v) is 31.3. The molecule has 0 bridgehead atoms. The van der Waals surface area contributed by atoms with E-state index >= 15 is 0 Å². The second-order valence-corrected chi connectivity index (χ2v) is 14.8. The summed E-state index contributed by atoms with van der Waals surface area (Å²) in [6, 6.07) is 71.9. The lowest BCUT2D eigenvalue weighted by atomic mass is 9.66. The predicted octanol–water partition coefficient (Wildman–Crippen LogP) is 13.2. The molecule has 4 nitrogen and oxygen atoms in total. The standard InChI is InChI=1S/C54H33N3O/c55-34-35-22-24-37(25-23-35)42-16-11-19-47-52(42)43-32-41(30-31-44(43)54(47)45-17-7-9-20-50(45)58-51-21-10-8-18-46(51)54)36-26-28-40(29-27-36)53-56-48(38-12-3-1-4-13-38)33-49(57-53)39-14-5-2-6-15-39/h1-33H. The van der Waals surface area contributed by atoms with Crippen molar-refractivity contribution in [2.24, 2.45) is 0 Å². The maximum atomic E-state index is 9.61. The Labute approximate surface area is 337 Å². The summed E-state index contributed by atoms with van der Waals surface area (Å²) in [5, 5.41) is 9.61. The zero-order chi connectivity index (χ0) is 38.6. The van der Waals surface area contributed by atoms with Gasteiger partial charge in [0.2, 0.25) is 0 Å². The van der Waals surface area contributed by atoms with Crippen LogP contribution in [-0.4, -0.2) is 9.97 Å². The summed E-state index contributed by atoms with van der Waals surface area (Å²) in [6.07, 6.45) is 0. The second-order valence-electron chi connectivity index (χ2n) is 14.8. The molecule has 270 valence electrons. The van der Waals surface area contributed by atoms with Crippen LogP contribution in [0.5, 0.6) is 11.5 Å². The van der Waals surface area contributed by atoms with Crippen LogP contribution in [0.3, 0.4) is 0 Å². The first-order chi connectivity index (χ1) is 28.7. The van der Waals surface area contributed by atoms with Crippen molar-refractivity contribution >= 4 is 0 Å². The third kappa shape index (κ3) is 5.22. The summed E-state index contributed by atoms with van der Waals surface area (Å²) < 4.78 is 6.60. The molecule has 1 aliphatic heterocycles. The van der Waals surface area contributed by atoms with Crippen molar-refractivity contribution in [1.82, 2.24) is 9.97 Å². The van der Waals surface area contributed by atoms with Crippen molar-refractivity contribution in [2.45, 2.75) is 5.41 Å². The molecule has 1 aliphatic carbocycles. The first-order valence-electron chi connectivity index (χ1n) is 19.5. The molecular formula is C54H33N3O. The average Bonchev–Trinajstić information content (AvgIpc) is 3.59. The van der Waals surface area contributed by atoms with E-state index in [9.17, 15) is 5.26 Å². The van der Waals surface area contributed by atoms with Crippen molar-refractivity contribution in [3.8, 4) is 84.9 Å². The number of ether oxygens (including phenoxy) is 1. The van der Waals surface area contributed by atoms with E-state index < -0.39 is 5.41 Å². The van der Waals surface area contributed by atoms with E-state index in [1.807, 2.05) is 60.7 Å². The van der Waals surface area contributed by atoms with Gasteiger partial charge in [0.1, 0.15) is 11.5 Å². The predicted molar refractivity (Wildman–Crippen MR) is 231 cm³/mol. The molecule has 0 unspecified atom stereocenters. The number of benzene rings is 8. The molecule has 0 saturated heterocycles. The molecule has 0 amide bonds. The van der Waals surface area contributed by atoms with Gasteiger partial charge in [-0.05, 0) is 80.9 Å². The molecular weight excluding hydrogens is 707 g/mol. The quantitative estimate of drug-likeness (QED) is 0.176. The number of nitriles is 1. The summed E-state index contributed by atoms with van der Waals surface area (Å²) in [7, 11) is 0. The van der Waals surface area contributed by atoms with Crippen LogP contribution in [0.4, 0.5) is 0 Å². The molecule has 4 heteroatoms. The van der Waals surface area contributed by atoms with E-state index in [0.717, 1.165) is 73.0 Å². The van der Waals surface area contributed by atoms with Crippen LogP contribution in [-0.2, 0) is 5.41 Å². The number of para-hydroxylation sites is 2. The fraction of sp³-hybridized carbons (Fsp3) is 0.0185. The van der Waals surface area contributed by atoms with E-state index in [-0.39, 0.29) is 0 Å². The Morgan fingerprint density at radius 2 is 0.931 bits per heavy atom. The summed E-state index contributed by atoms with van der Waals surface area (Å²) in [6.45, 7) is 0. The Morgan fingerprint density at radius 3 is 1.55 bits per heavy atom. The van der Waals surface area contributed by atoms with Gasteiger partial charge in [-0.25, -0.2) is 9.97 Å². The van der Waals surface area contributed by atoms with Crippen LogP contribution >= 0.6 is 0 Å².